The van der Waals surface area contributed by atoms with Gasteiger partial charge in [-0.2, -0.15) is 0 Å². The molecule has 38 heavy (non-hydrogen) atoms. The van der Waals surface area contributed by atoms with Crippen LogP contribution < -0.4 is 14.5 Å². The van der Waals surface area contributed by atoms with E-state index in [0.29, 0.717) is 17.5 Å². The lowest BCUT2D eigenvalue weighted by atomic mass is 9.81. The Hall–Kier alpha value is -2.68. The maximum Gasteiger partial charge on any atom is 0.348 e. The Morgan fingerprint density at radius 3 is 2.18 bits per heavy atom. The monoisotopic (exact) mass is 542 g/mol. The van der Waals surface area contributed by atoms with Crippen molar-refractivity contribution in [2.24, 2.45) is 11.8 Å². The fourth-order valence-corrected chi connectivity index (χ4v) is 6.53. The van der Waals surface area contributed by atoms with E-state index in [1.165, 1.54) is 11.3 Å². The molecule has 0 radical (unpaired) electrons. The molecule has 2 saturated carbocycles. The second kappa shape index (κ2) is 11.6. The first-order valence-corrected chi connectivity index (χ1v) is 14.6. The topological polar surface area (TPSA) is 95.9 Å². The molecule has 0 atom stereocenters. The van der Waals surface area contributed by atoms with Gasteiger partial charge in [0.05, 0.1) is 5.69 Å². The largest absolute Gasteiger partial charge is 0.477 e. The molecule has 2 heterocycles. The number of rotatable bonds is 7. The first kappa shape index (κ1) is 28.3. The van der Waals surface area contributed by atoms with Crippen LogP contribution in [0.15, 0.2) is 18.2 Å². The summed E-state index contributed by atoms with van der Waals surface area (Å²) in [6, 6.07) is 5.63. The van der Waals surface area contributed by atoms with Crippen LogP contribution in [0.25, 0.3) is 0 Å². The number of anilines is 2. The van der Waals surface area contributed by atoms with Crippen molar-refractivity contribution in [1.29, 1.82) is 0 Å². The highest BCUT2D eigenvalue weighted by Gasteiger charge is 2.38. The van der Waals surface area contributed by atoms with Gasteiger partial charge in [0.1, 0.15) is 11.0 Å². The maximum atomic E-state index is 14.1. The molecular weight excluding hydrogens is 500 g/mol. The molecule has 0 bridgehead atoms. The van der Waals surface area contributed by atoms with Gasteiger partial charge in [0.15, 0.2) is 5.82 Å². The molecule has 0 unspecified atom stereocenters. The van der Waals surface area contributed by atoms with E-state index in [9.17, 15) is 14.7 Å². The molecule has 9 heteroatoms. The summed E-state index contributed by atoms with van der Waals surface area (Å²) in [5.74, 6) is 0.985. The lowest BCUT2D eigenvalue weighted by Gasteiger charge is -2.39. The highest BCUT2D eigenvalue weighted by molar-refractivity contribution is 7.14. The van der Waals surface area contributed by atoms with E-state index in [1.807, 2.05) is 42.1 Å². The van der Waals surface area contributed by atoms with Crippen LogP contribution in [0.1, 0.15) is 93.6 Å². The molecule has 8 nitrogen and oxygen atoms in total. The fourth-order valence-electron chi connectivity index (χ4n) is 5.49. The highest BCUT2D eigenvalue weighted by Crippen LogP contribution is 2.42. The zero-order chi connectivity index (χ0) is 27.6. The number of carboxylic acids is 1. The summed E-state index contributed by atoms with van der Waals surface area (Å²) in [5.41, 5.74) is 0.377. The molecule has 208 valence electrons. The maximum absolute atomic E-state index is 14.1. The van der Waals surface area contributed by atoms with Gasteiger partial charge in [0, 0.05) is 37.0 Å². The van der Waals surface area contributed by atoms with Gasteiger partial charge in [-0.25, -0.2) is 4.79 Å². The third kappa shape index (κ3) is 6.47. The Balaban J connectivity index is 1.56. The molecule has 1 N–H and O–H groups in total. The Morgan fingerprint density at radius 1 is 1.00 bits per heavy atom. The number of amides is 1. The van der Waals surface area contributed by atoms with Crippen molar-refractivity contribution in [2.75, 3.05) is 23.9 Å². The number of nitrogens with zero attached hydrogens (tertiary/aromatic N) is 4. The van der Waals surface area contributed by atoms with Crippen LogP contribution in [-0.4, -0.2) is 53.4 Å². The molecule has 0 saturated heterocycles. The minimum absolute atomic E-state index is 0.00945. The molecule has 0 aromatic carbocycles. The Bertz CT molecular complexity index is 1110. The van der Waals surface area contributed by atoms with E-state index in [-0.39, 0.29) is 34.3 Å². The molecule has 4 rings (SSSR count). The van der Waals surface area contributed by atoms with Crippen molar-refractivity contribution in [1.82, 2.24) is 10.2 Å². The number of carbonyl (C=O) groups is 2. The molecule has 2 fully saturated rings. The number of aromatic carboxylic acids is 1. The number of carboxylic acid groups (broad SMARTS) is 1. The van der Waals surface area contributed by atoms with E-state index in [2.05, 4.69) is 37.9 Å². The summed E-state index contributed by atoms with van der Waals surface area (Å²) in [5, 5.41) is 18.5. The summed E-state index contributed by atoms with van der Waals surface area (Å²) < 4.78 is 6.14. The minimum atomic E-state index is -0.965. The molecular formula is C29H42N4O4S. The highest BCUT2D eigenvalue weighted by atomic mass is 32.1. The zero-order valence-corrected chi connectivity index (χ0v) is 24.4. The molecule has 2 aromatic heterocycles. The van der Waals surface area contributed by atoms with E-state index < -0.39 is 5.97 Å². The quantitative estimate of drug-likeness (QED) is 0.448. The molecule has 2 aromatic rings. The average molecular weight is 543 g/mol. The van der Waals surface area contributed by atoms with Crippen molar-refractivity contribution in [3.05, 3.63) is 28.0 Å². The number of ether oxygens (including phenoxy) is 1. The van der Waals surface area contributed by atoms with E-state index in [1.54, 1.807) is 0 Å². The lowest BCUT2D eigenvalue weighted by molar-refractivity contribution is -0.124. The van der Waals surface area contributed by atoms with Gasteiger partial charge in [0.2, 0.25) is 11.8 Å². The van der Waals surface area contributed by atoms with Gasteiger partial charge in [0.25, 0.3) is 0 Å². The standard InChI is InChI=1S/C29H42N4O4S/c1-18-7-9-19(10-8-18)27(34)33(22-17-23(29(2,3)4)38-26(22)28(35)36)20-11-13-21(14-12-20)37-25-16-15-24(30-31-25)32(5)6/h15-21H,7-14H2,1-6H3,(H,35,36). The Labute approximate surface area is 230 Å². The van der Waals surface area contributed by atoms with E-state index in [0.717, 1.165) is 62.1 Å². The lowest BCUT2D eigenvalue weighted by Crippen LogP contribution is -2.47. The van der Waals surface area contributed by atoms with Crippen molar-refractivity contribution in [3.8, 4) is 5.88 Å². The van der Waals surface area contributed by atoms with Crippen molar-refractivity contribution >= 4 is 34.7 Å². The number of hydrogen-bond acceptors (Lipinski definition) is 7. The van der Waals surface area contributed by atoms with Gasteiger partial charge in [-0.05, 0) is 74.8 Å². The van der Waals surface area contributed by atoms with Crippen LogP contribution in [-0.2, 0) is 10.2 Å². The molecule has 0 aliphatic heterocycles. The first-order chi connectivity index (χ1) is 17.9. The number of hydrogen-bond donors (Lipinski definition) is 1. The van der Waals surface area contributed by atoms with Crippen LogP contribution in [0.2, 0.25) is 0 Å². The van der Waals surface area contributed by atoms with Crippen LogP contribution in [0, 0.1) is 11.8 Å². The molecule has 0 spiro atoms. The zero-order valence-electron chi connectivity index (χ0n) is 23.6. The average Bonchev–Trinajstić information content (AvgIpc) is 3.32. The first-order valence-electron chi connectivity index (χ1n) is 13.8. The SMILES string of the molecule is CC1CCC(C(=O)N(c2cc(C(C)(C)C)sc2C(=O)O)C2CCC(Oc3ccc(N(C)C)nn3)CC2)CC1. The summed E-state index contributed by atoms with van der Waals surface area (Å²) in [4.78, 5) is 31.4. The third-order valence-corrected chi connectivity index (χ3v) is 9.43. The summed E-state index contributed by atoms with van der Waals surface area (Å²) >= 11 is 1.30. The molecule has 1 amide bonds. The normalized spacial score (nSPS) is 24.1. The van der Waals surface area contributed by atoms with Gasteiger partial charge in [-0.15, -0.1) is 21.5 Å². The van der Waals surface area contributed by atoms with Crippen LogP contribution >= 0.6 is 11.3 Å². The predicted molar refractivity (Wildman–Crippen MR) is 152 cm³/mol. The van der Waals surface area contributed by atoms with Crippen LogP contribution in [0.3, 0.4) is 0 Å². The molecule has 2 aliphatic carbocycles. The van der Waals surface area contributed by atoms with Crippen LogP contribution in [0.4, 0.5) is 11.5 Å². The summed E-state index contributed by atoms with van der Waals surface area (Å²) in [6.07, 6.45) is 6.86. The van der Waals surface area contributed by atoms with E-state index >= 15 is 0 Å². The number of carbonyl (C=O) groups excluding carboxylic acids is 1. The Morgan fingerprint density at radius 2 is 1.66 bits per heavy atom. The third-order valence-electron chi connectivity index (χ3n) is 7.89. The van der Waals surface area contributed by atoms with Gasteiger partial charge < -0.3 is 19.6 Å². The summed E-state index contributed by atoms with van der Waals surface area (Å²) in [6.45, 7) is 8.49. The van der Waals surface area contributed by atoms with Gasteiger partial charge >= 0.3 is 5.97 Å². The second-order valence-corrected chi connectivity index (χ2v) is 13.3. The molecule has 2 aliphatic rings. The van der Waals surface area contributed by atoms with Gasteiger partial charge in [-0.1, -0.05) is 27.7 Å². The summed E-state index contributed by atoms with van der Waals surface area (Å²) in [7, 11) is 3.83. The number of thiophene rings is 1. The second-order valence-electron chi connectivity index (χ2n) is 12.2. The Kier molecular flexibility index (Phi) is 8.65. The number of aromatic nitrogens is 2. The van der Waals surface area contributed by atoms with Crippen molar-refractivity contribution in [3.63, 3.8) is 0 Å². The predicted octanol–water partition coefficient (Wildman–Crippen LogP) is 6.15. The van der Waals surface area contributed by atoms with Crippen molar-refractivity contribution < 1.29 is 19.4 Å². The van der Waals surface area contributed by atoms with Crippen LogP contribution in [0.5, 0.6) is 5.88 Å². The van der Waals surface area contributed by atoms with Crippen molar-refractivity contribution in [2.45, 2.75) is 96.6 Å². The minimum Gasteiger partial charge on any atom is -0.477 e. The smallest absolute Gasteiger partial charge is 0.348 e. The fraction of sp³-hybridized carbons (Fsp3) is 0.655. The van der Waals surface area contributed by atoms with E-state index in [4.69, 9.17) is 4.74 Å². The van der Waals surface area contributed by atoms with Gasteiger partial charge in [-0.3, -0.25) is 4.79 Å².